The van der Waals surface area contributed by atoms with E-state index in [1.54, 1.807) is 0 Å². The fourth-order valence-electron chi connectivity index (χ4n) is 0.809. The van der Waals surface area contributed by atoms with Crippen LogP contribution < -0.4 is 11.1 Å². The van der Waals surface area contributed by atoms with Gasteiger partial charge in [0, 0.05) is 6.26 Å². The van der Waals surface area contributed by atoms with E-state index in [0.29, 0.717) is 0 Å². The Morgan fingerprint density at radius 2 is 2.36 bits per heavy atom. The lowest BCUT2D eigenvalue weighted by molar-refractivity contribution is -0.113. The van der Waals surface area contributed by atoms with E-state index in [4.69, 9.17) is 5.73 Å². The van der Waals surface area contributed by atoms with Crippen LogP contribution in [0.25, 0.3) is 0 Å². The van der Waals surface area contributed by atoms with Crippen molar-refractivity contribution in [1.29, 1.82) is 0 Å². The lowest BCUT2D eigenvalue weighted by Crippen LogP contribution is -2.22. The molecule has 7 nitrogen and oxygen atoms in total. The van der Waals surface area contributed by atoms with Crippen LogP contribution in [0.3, 0.4) is 0 Å². The number of nitrogens with one attached hydrogen (secondary N) is 2. The SMILES string of the molecule is CS(=O)(=O)CC(=O)Nc1[nH]ncc1N. The zero-order chi connectivity index (χ0) is 10.8. The van der Waals surface area contributed by atoms with Crippen LogP contribution in [-0.4, -0.2) is 36.5 Å². The molecule has 1 amide bonds. The lowest BCUT2D eigenvalue weighted by atomic mass is 10.5. The number of anilines is 2. The Morgan fingerprint density at radius 3 is 2.79 bits per heavy atom. The molecule has 0 atom stereocenters. The molecular weight excluding hydrogens is 208 g/mol. The molecule has 4 N–H and O–H groups in total. The molecule has 0 bridgehead atoms. The third-order valence-electron chi connectivity index (χ3n) is 1.33. The minimum absolute atomic E-state index is 0.207. The number of nitrogens with zero attached hydrogens (tertiary/aromatic N) is 1. The summed E-state index contributed by atoms with van der Waals surface area (Å²) in [4.78, 5) is 11.1. The van der Waals surface area contributed by atoms with E-state index in [2.05, 4.69) is 15.5 Å². The van der Waals surface area contributed by atoms with Crippen LogP contribution in [0.4, 0.5) is 11.5 Å². The summed E-state index contributed by atoms with van der Waals surface area (Å²) >= 11 is 0. The van der Waals surface area contributed by atoms with Crippen molar-refractivity contribution in [2.45, 2.75) is 0 Å². The maximum Gasteiger partial charge on any atom is 0.240 e. The average Bonchev–Trinajstić information content (AvgIpc) is 2.32. The van der Waals surface area contributed by atoms with Gasteiger partial charge in [-0.25, -0.2) is 8.42 Å². The third-order valence-corrected chi connectivity index (χ3v) is 2.11. The van der Waals surface area contributed by atoms with Gasteiger partial charge in [-0.15, -0.1) is 0 Å². The Bertz CT molecular complexity index is 436. The quantitative estimate of drug-likeness (QED) is 0.599. The molecule has 1 aromatic rings. The Hall–Kier alpha value is -1.57. The molecule has 0 spiro atoms. The third kappa shape index (κ3) is 3.05. The average molecular weight is 218 g/mol. The largest absolute Gasteiger partial charge is 0.394 e. The number of aromatic amines is 1. The van der Waals surface area contributed by atoms with Gasteiger partial charge in [0.2, 0.25) is 5.91 Å². The van der Waals surface area contributed by atoms with Crippen molar-refractivity contribution in [3.05, 3.63) is 6.20 Å². The van der Waals surface area contributed by atoms with E-state index < -0.39 is 21.5 Å². The molecule has 0 saturated heterocycles. The van der Waals surface area contributed by atoms with Gasteiger partial charge in [-0.05, 0) is 0 Å². The molecule has 1 heterocycles. The van der Waals surface area contributed by atoms with Crippen molar-refractivity contribution in [1.82, 2.24) is 10.2 Å². The number of amides is 1. The molecule has 0 aromatic carbocycles. The molecule has 0 radical (unpaired) electrons. The highest BCUT2D eigenvalue weighted by Gasteiger charge is 2.12. The minimum Gasteiger partial charge on any atom is -0.394 e. The Kier molecular flexibility index (Phi) is 2.75. The fourth-order valence-corrected chi connectivity index (χ4v) is 1.36. The van der Waals surface area contributed by atoms with Gasteiger partial charge < -0.3 is 11.1 Å². The molecule has 78 valence electrons. The van der Waals surface area contributed by atoms with Crippen molar-refractivity contribution in [2.24, 2.45) is 0 Å². The normalized spacial score (nSPS) is 11.2. The monoisotopic (exact) mass is 218 g/mol. The predicted molar refractivity (Wildman–Crippen MR) is 51.3 cm³/mol. The van der Waals surface area contributed by atoms with Gasteiger partial charge >= 0.3 is 0 Å². The molecule has 14 heavy (non-hydrogen) atoms. The first-order valence-corrected chi connectivity index (χ1v) is 5.71. The van der Waals surface area contributed by atoms with E-state index in [1.165, 1.54) is 6.20 Å². The van der Waals surface area contributed by atoms with Crippen LogP contribution in [0.2, 0.25) is 0 Å². The molecule has 0 unspecified atom stereocenters. The fraction of sp³-hybridized carbons (Fsp3) is 0.333. The van der Waals surface area contributed by atoms with Crippen molar-refractivity contribution in [2.75, 3.05) is 23.1 Å². The van der Waals surface area contributed by atoms with Gasteiger partial charge in [0.1, 0.15) is 5.75 Å². The van der Waals surface area contributed by atoms with Gasteiger partial charge in [-0.3, -0.25) is 9.89 Å². The first-order chi connectivity index (χ1) is 6.38. The van der Waals surface area contributed by atoms with Gasteiger partial charge in [-0.2, -0.15) is 5.10 Å². The van der Waals surface area contributed by atoms with Crippen LogP contribution >= 0.6 is 0 Å². The number of aromatic nitrogens is 2. The lowest BCUT2D eigenvalue weighted by Gasteiger charge is -2.01. The molecule has 0 aliphatic heterocycles. The van der Waals surface area contributed by atoms with E-state index in [0.717, 1.165) is 6.26 Å². The Balaban J connectivity index is 2.63. The summed E-state index contributed by atoms with van der Waals surface area (Å²) in [6.07, 6.45) is 2.29. The van der Waals surface area contributed by atoms with Gasteiger partial charge in [-0.1, -0.05) is 0 Å². The predicted octanol–water partition coefficient (Wildman–Crippen LogP) is -1.02. The number of carbonyl (C=O) groups excluding carboxylic acids is 1. The highest BCUT2D eigenvalue weighted by atomic mass is 32.2. The van der Waals surface area contributed by atoms with Crippen LogP contribution in [0.5, 0.6) is 0 Å². The summed E-state index contributed by atoms with van der Waals surface area (Å²) in [6, 6.07) is 0. The van der Waals surface area contributed by atoms with E-state index in [1.807, 2.05) is 0 Å². The number of carbonyl (C=O) groups is 1. The number of H-pyrrole nitrogens is 1. The number of nitrogen functional groups attached to an aromatic ring is 1. The van der Waals surface area contributed by atoms with Gasteiger partial charge in [0.25, 0.3) is 0 Å². The molecule has 0 aliphatic carbocycles. The Labute approximate surface area is 80.6 Å². The standard InChI is InChI=1S/C6H10N4O3S/c1-14(12,13)3-5(11)9-6-4(7)2-8-10-6/h2H,3,7H2,1H3,(H2,8,9,10,11). The maximum atomic E-state index is 11.1. The second-order valence-electron chi connectivity index (χ2n) is 2.82. The molecule has 8 heteroatoms. The smallest absolute Gasteiger partial charge is 0.240 e. The summed E-state index contributed by atoms with van der Waals surface area (Å²) < 4.78 is 21.5. The number of nitrogens with two attached hydrogens (primary N) is 1. The van der Waals surface area contributed by atoms with Gasteiger partial charge in [0.05, 0.1) is 11.9 Å². The van der Waals surface area contributed by atoms with Crippen LogP contribution in [0, 0.1) is 0 Å². The molecule has 0 aliphatic rings. The topological polar surface area (TPSA) is 118 Å². The highest BCUT2D eigenvalue weighted by molar-refractivity contribution is 7.91. The van der Waals surface area contributed by atoms with E-state index in [9.17, 15) is 13.2 Å². The number of hydrogen-bond acceptors (Lipinski definition) is 5. The zero-order valence-electron chi connectivity index (χ0n) is 7.44. The molecule has 1 aromatic heterocycles. The molecular formula is C6H10N4O3S. The first-order valence-electron chi connectivity index (χ1n) is 3.65. The Morgan fingerprint density at radius 1 is 1.71 bits per heavy atom. The number of hydrogen-bond donors (Lipinski definition) is 3. The zero-order valence-corrected chi connectivity index (χ0v) is 8.26. The van der Waals surface area contributed by atoms with E-state index >= 15 is 0 Å². The second-order valence-corrected chi connectivity index (χ2v) is 4.96. The second kappa shape index (κ2) is 3.66. The van der Waals surface area contributed by atoms with E-state index in [-0.39, 0.29) is 11.5 Å². The number of sulfone groups is 1. The molecule has 1 rings (SSSR count). The summed E-state index contributed by atoms with van der Waals surface area (Å²) in [5, 5.41) is 8.26. The van der Waals surface area contributed by atoms with Gasteiger partial charge in [0.15, 0.2) is 15.7 Å². The summed E-state index contributed by atoms with van der Waals surface area (Å²) in [5.74, 6) is -1.02. The molecule has 0 fully saturated rings. The van der Waals surface area contributed by atoms with Crippen LogP contribution in [0.15, 0.2) is 6.20 Å². The summed E-state index contributed by atoms with van der Waals surface area (Å²) in [6.45, 7) is 0. The molecule has 0 saturated carbocycles. The maximum absolute atomic E-state index is 11.1. The van der Waals surface area contributed by atoms with Crippen LogP contribution in [0.1, 0.15) is 0 Å². The van der Waals surface area contributed by atoms with Crippen molar-refractivity contribution in [3.63, 3.8) is 0 Å². The first kappa shape index (κ1) is 10.5. The highest BCUT2D eigenvalue weighted by Crippen LogP contribution is 2.11. The summed E-state index contributed by atoms with van der Waals surface area (Å²) in [5.41, 5.74) is 5.65. The minimum atomic E-state index is -3.33. The van der Waals surface area contributed by atoms with Crippen molar-refractivity contribution in [3.8, 4) is 0 Å². The van der Waals surface area contributed by atoms with Crippen LogP contribution in [-0.2, 0) is 14.6 Å². The number of rotatable bonds is 3. The van der Waals surface area contributed by atoms with Crippen molar-refractivity contribution < 1.29 is 13.2 Å². The van der Waals surface area contributed by atoms with Crippen molar-refractivity contribution >= 4 is 27.2 Å². The summed E-state index contributed by atoms with van der Waals surface area (Å²) in [7, 11) is -3.33.